The number of H-pyrrole nitrogens is 1. The molecule has 2 amide bonds. The van der Waals surface area contributed by atoms with Crippen molar-refractivity contribution < 1.29 is 14.0 Å². The fourth-order valence-corrected chi connectivity index (χ4v) is 5.25. The fourth-order valence-electron chi connectivity index (χ4n) is 5.25. The number of amides is 2. The number of aromatic nitrogens is 1. The number of nitrogens with one attached hydrogen (secondary N) is 2. The molecule has 0 saturated carbocycles. The molecule has 186 valence electrons. The molecular formula is C29H31FN4O2. The van der Waals surface area contributed by atoms with Crippen LogP contribution in [0.4, 0.5) is 10.1 Å². The van der Waals surface area contributed by atoms with Crippen molar-refractivity contribution in [3.8, 4) is 11.1 Å². The highest BCUT2D eigenvalue weighted by molar-refractivity contribution is 6.36. The topological polar surface area (TPSA) is 68.4 Å². The minimum absolute atomic E-state index is 0.0616. The maximum absolute atomic E-state index is 14.7. The van der Waals surface area contributed by atoms with Crippen molar-refractivity contribution in [1.82, 2.24) is 14.8 Å². The van der Waals surface area contributed by atoms with E-state index < -0.39 is 0 Å². The quantitative estimate of drug-likeness (QED) is 0.513. The molecule has 1 saturated heterocycles. The molecule has 1 fully saturated rings. The zero-order chi connectivity index (χ0) is 25.4. The van der Waals surface area contributed by atoms with Crippen molar-refractivity contribution in [2.75, 3.05) is 32.5 Å². The van der Waals surface area contributed by atoms with Crippen LogP contribution in [-0.4, -0.2) is 59.8 Å². The number of rotatable bonds is 5. The summed E-state index contributed by atoms with van der Waals surface area (Å²) >= 11 is 0. The maximum atomic E-state index is 14.7. The molecule has 0 bridgehead atoms. The van der Waals surface area contributed by atoms with E-state index in [1.807, 2.05) is 43.1 Å². The molecule has 2 aromatic carbocycles. The average molecular weight is 487 g/mol. The summed E-state index contributed by atoms with van der Waals surface area (Å²) in [5.74, 6) is -0.531. The van der Waals surface area contributed by atoms with E-state index in [-0.39, 0.29) is 30.1 Å². The Morgan fingerprint density at radius 2 is 1.86 bits per heavy atom. The molecule has 7 heteroatoms. The number of benzene rings is 2. The second-order valence-corrected chi connectivity index (χ2v) is 9.83. The Kier molecular flexibility index (Phi) is 6.49. The van der Waals surface area contributed by atoms with Crippen LogP contribution in [0.5, 0.6) is 0 Å². The van der Waals surface area contributed by atoms with Gasteiger partial charge in [-0.15, -0.1) is 0 Å². The van der Waals surface area contributed by atoms with Gasteiger partial charge in [-0.3, -0.25) is 9.59 Å². The molecule has 6 nitrogen and oxygen atoms in total. The van der Waals surface area contributed by atoms with Gasteiger partial charge < -0.3 is 20.1 Å². The first-order valence-electron chi connectivity index (χ1n) is 12.4. The summed E-state index contributed by atoms with van der Waals surface area (Å²) in [6.45, 7) is 3.91. The molecule has 2 aliphatic heterocycles. The third-order valence-corrected chi connectivity index (χ3v) is 7.32. The Labute approximate surface area is 210 Å². The summed E-state index contributed by atoms with van der Waals surface area (Å²) < 4.78 is 14.7. The lowest BCUT2D eigenvalue weighted by molar-refractivity contribution is -0.132. The van der Waals surface area contributed by atoms with Gasteiger partial charge in [0.1, 0.15) is 5.82 Å². The zero-order valence-electron chi connectivity index (χ0n) is 20.9. The molecule has 1 aromatic heterocycles. The molecular weight excluding hydrogens is 455 g/mol. The van der Waals surface area contributed by atoms with Crippen LogP contribution in [0, 0.1) is 12.7 Å². The van der Waals surface area contributed by atoms with Crippen molar-refractivity contribution >= 4 is 29.2 Å². The summed E-state index contributed by atoms with van der Waals surface area (Å²) in [5, 5.41) is 2.91. The number of carbonyl (C=O) groups is 2. The highest BCUT2D eigenvalue weighted by Crippen LogP contribution is 2.41. The molecule has 3 heterocycles. The first kappa shape index (κ1) is 24.0. The number of likely N-dealkylation sites (tertiary alicyclic amines) is 1. The number of halogens is 1. The van der Waals surface area contributed by atoms with Crippen LogP contribution in [-0.2, 0) is 16.0 Å². The molecule has 0 spiro atoms. The third kappa shape index (κ3) is 4.58. The van der Waals surface area contributed by atoms with Gasteiger partial charge in [0, 0.05) is 41.3 Å². The molecule has 5 rings (SSSR count). The number of hydrogen-bond donors (Lipinski definition) is 2. The highest BCUT2D eigenvalue weighted by Gasteiger charge is 2.29. The van der Waals surface area contributed by atoms with Gasteiger partial charge in [-0.1, -0.05) is 30.3 Å². The van der Waals surface area contributed by atoms with Gasteiger partial charge in [-0.25, -0.2) is 4.39 Å². The molecule has 0 aliphatic carbocycles. The fraction of sp³-hybridized carbons (Fsp3) is 0.310. The number of fused-ring (bicyclic) bond motifs is 1. The zero-order valence-corrected chi connectivity index (χ0v) is 20.9. The average Bonchev–Trinajstić information content (AvgIpc) is 3.37. The van der Waals surface area contributed by atoms with Crippen molar-refractivity contribution in [2.24, 2.45) is 0 Å². The summed E-state index contributed by atoms with van der Waals surface area (Å²) in [7, 11) is 3.99. The lowest BCUT2D eigenvalue weighted by Gasteiger charge is -2.35. The number of nitrogens with zero attached hydrogens (tertiary/aromatic N) is 2. The van der Waals surface area contributed by atoms with E-state index in [9.17, 15) is 14.0 Å². The molecule has 2 N–H and O–H groups in total. The van der Waals surface area contributed by atoms with E-state index in [0.29, 0.717) is 28.0 Å². The Balaban J connectivity index is 1.47. The van der Waals surface area contributed by atoms with E-state index in [4.69, 9.17) is 0 Å². The normalized spacial score (nSPS) is 17.3. The van der Waals surface area contributed by atoms with E-state index in [1.165, 1.54) is 6.07 Å². The first-order valence-corrected chi connectivity index (χ1v) is 12.4. The lowest BCUT2D eigenvalue weighted by atomic mass is 9.93. The number of aromatic amines is 1. The molecule has 36 heavy (non-hydrogen) atoms. The second-order valence-electron chi connectivity index (χ2n) is 9.83. The molecule has 0 radical (unpaired) electrons. The van der Waals surface area contributed by atoms with Crippen LogP contribution in [0.3, 0.4) is 0 Å². The third-order valence-electron chi connectivity index (χ3n) is 7.32. The summed E-state index contributed by atoms with van der Waals surface area (Å²) in [6, 6.07) is 14.2. The van der Waals surface area contributed by atoms with Crippen molar-refractivity contribution in [3.63, 3.8) is 0 Å². The largest absolute Gasteiger partial charge is 0.359 e. The van der Waals surface area contributed by atoms with Gasteiger partial charge in [0.05, 0.1) is 12.0 Å². The number of carbonyl (C=O) groups excluding carboxylic acids is 2. The number of likely N-dealkylation sites (N-methyl/N-ethyl adjacent to an activating group) is 1. The number of aryl methyl sites for hydroxylation is 1. The monoisotopic (exact) mass is 486 g/mol. The summed E-state index contributed by atoms with van der Waals surface area (Å²) in [5.41, 5.74) is 5.33. The Bertz CT molecular complexity index is 1350. The minimum atomic E-state index is -0.344. The number of hydrogen-bond acceptors (Lipinski definition) is 3. The van der Waals surface area contributed by atoms with Crippen molar-refractivity contribution in [2.45, 2.75) is 32.2 Å². The number of anilines is 1. The predicted molar refractivity (Wildman–Crippen MR) is 141 cm³/mol. The van der Waals surface area contributed by atoms with Gasteiger partial charge >= 0.3 is 0 Å². The van der Waals surface area contributed by atoms with Gasteiger partial charge in [-0.05, 0) is 75.3 Å². The lowest BCUT2D eigenvalue weighted by Crippen LogP contribution is -2.45. The number of piperidine rings is 1. The smallest absolute Gasteiger partial charge is 0.256 e. The standard InChI is InChI=1S/C29H31FN4O2/c1-18-15-19(16-27(35)34(3)20-11-13-33(2)14-12-20)26(31-18)17-23-28-22(21-7-4-5-9-24(21)30)8-6-10-25(28)32-29(23)36/h4-10,15,17,20,31H,11-14,16H2,1-3H3,(H,32,36). The maximum Gasteiger partial charge on any atom is 0.256 e. The van der Waals surface area contributed by atoms with Crippen molar-refractivity contribution in [3.05, 3.63) is 76.9 Å². The van der Waals surface area contributed by atoms with Crippen LogP contribution >= 0.6 is 0 Å². The first-order chi connectivity index (χ1) is 17.3. The SMILES string of the molecule is Cc1cc(CC(=O)N(C)C2CCN(C)CC2)c(C=C2C(=O)Nc3cccc(-c4ccccc4F)c32)[nH]1. The molecule has 2 aliphatic rings. The second kappa shape index (κ2) is 9.74. The Morgan fingerprint density at radius 1 is 1.14 bits per heavy atom. The van der Waals surface area contributed by atoms with E-state index in [0.717, 1.165) is 42.9 Å². The van der Waals surface area contributed by atoms with Gasteiger partial charge in [-0.2, -0.15) is 0 Å². The summed E-state index contributed by atoms with van der Waals surface area (Å²) in [4.78, 5) is 33.7. The van der Waals surface area contributed by atoms with Gasteiger partial charge in [0.15, 0.2) is 0 Å². The highest BCUT2D eigenvalue weighted by atomic mass is 19.1. The van der Waals surface area contributed by atoms with Crippen LogP contribution in [0.15, 0.2) is 48.5 Å². The van der Waals surface area contributed by atoms with Crippen LogP contribution in [0.1, 0.15) is 35.4 Å². The van der Waals surface area contributed by atoms with E-state index in [2.05, 4.69) is 22.2 Å². The molecule has 0 unspecified atom stereocenters. The summed E-state index contributed by atoms with van der Waals surface area (Å²) in [6.07, 6.45) is 3.97. The molecule has 3 aromatic rings. The predicted octanol–water partition coefficient (Wildman–Crippen LogP) is 4.72. The minimum Gasteiger partial charge on any atom is -0.359 e. The van der Waals surface area contributed by atoms with E-state index >= 15 is 0 Å². The van der Waals surface area contributed by atoms with Crippen LogP contribution < -0.4 is 5.32 Å². The van der Waals surface area contributed by atoms with E-state index in [1.54, 1.807) is 24.3 Å². The van der Waals surface area contributed by atoms with Crippen molar-refractivity contribution in [1.29, 1.82) is 0 Å². The van der Waals surface area contributed by atoms with Crippen LogP contribution in [0.25, 0.3) is 22.8 Å². The van der Waals surface area contributed by atoms with Gasteiger partial charge in [0.2, 0.25) is 5.91 Å². The van der Waals surface area contributed by atoms with Gasteiger partial charge in [0.25, 0.3) is 5.91 Å². The Morgan fingerprint density at radius 3 is 2.61 bits per heavy atom. The van der Waals surface area contributed by atoms with Crippen LogP contribution in [0.2, 0.25) is 0 Å². The molecule has 0 atom stereocenters. The Hall–Kier alpha value is -3.71.